The Bertz CT molecular complexity index is 478. The van der Waals surface area contributed by atoms with Gasteiger partial charge < -0.3 is 24.8 Å². The highest BCUT2D eigenvalue weighted by atomic mass is 32.1. The third-order valence-corrected chi connectivity index (χ3v) is 2.83. The van der Waals surface area contributed by atoms with Crippen LogP contribution in [0.4, 0.5) is 5.69 Å². The number of ether oxygens (including phenoxy) is 3. The number of hydrogen-bond acceptors (Lipinski definition) is 5. The number of carbonyl (C=O) groups excluding carboxylic acids is 1. The lowest BCUT2D eigenvalue weighted by Crippen LogP contribution is -2.36. The fourth-order valence-corrected chi connectivity index (χ4v) is 1.75. The highest BCUT2D eigenvalue weighted by Gasteiger charge is 2.08. The molecular weight excluding hydrogens is 292 g/mol. The molecule has 0 aromatic heterocycles. The molecule has 1 rings (SSSR count). The van der Waals surface area contributed by atoms with Crippen LogP contribution in [-0.2, 0) is 14.2 Å². The number of hydrogen-bond donors (Lipinski definition) is 2. The van der Waals surface area contributed by atoms with Gasteiger partial charge in [0.1, 0.15) is 0 Å². The van der Waals surface area contributed by atoms with Gasteiger partial charge >= 0.3 is 5.97 Å². The monoisotopic (exact) mass is 312 g/mol. The molecule has 0 aliphatic heterocycles. The van der Waals surface area contributed by atoms with Crippen molar-refractivity contribution < 1.29 is 19.0 Å². The van der Waals surface area contributed by atoms with Gasteiger partial charge in [-0.1, -0.05) is 6.07 Å². The Morgan fingerprint density at radius 1 is 1.33 bits per heavy atom. The van der Waals surface area contributed by atoms with E-state index < -0.39 is 0 Å². The van der Waals surface area contributed by atoms with Crippen molar-refractivity contribution in [1.29, 1.82) is 0 Å². The van der Waals surface area contributed by atoms with Crippen molar-refractivity contribution in [2.75, 3.05) is 32.7 Å². The number of carbonyl (C=O) groups is 1. The molecular formula is C14H20N2O4S. The van der Waals surface area contributed by atoms with E-state index in [9.17, 15) is 4.79 Å². The predicted molar refractivity (Wildman–Crippen MR) is 84.4 cm³/mol. The Labute approximate surface area is 129 Å². The molecule has 1 aromatic carbocycles. The summed E-state index contributed by atoms with van der Waals surface area (Å²) in [7, 11) is 3.10. The van der Waals surface area contributed by atoms with Crippen molar-refractivity contribution in [1.82, 2.24) is 5.32 Å². The zero-order chi connectivity index (χ0) is 15.7. The summed E-state index contributed by atoms with van der Waals surface area (Å²) < 4.78 is 15.0. The Morgan fingerprint density at radius 2 is 2.05 bits per heavy atom. The number of benzene rings is 1. The van der Waals surface area contributed by atoms with Gasteiger partial charge in [-0.3, -0.25) is 0 Å². The normalized spacial score (nSPS) is 10.3. The molecule has 6 nitrogen and oxygen atoms in total. The zero-order valence-electron chi connectivity index (χ0n) is 12.3. The van der Waals surface area contributed by atoms with Crippen molar-refractivity contribution >= 4 is 29.0 Å². The quantitative estimate of drug-likeness (QED) is 0.452. The molecule has 0 amide bonds. The van der Waals surface area contributed by atoms with Crippen LogP contribution in [0.5, 0.6) is 0 Å². The first kappa shape index (κ1) is 17.4. The Balaban J connectivity index is 2.56. The summed E-state index contributed by atoms with van der Waals surface area (Å²) in [5.41, 5.74) is 1.17. The molecule has 7 heteroatoms. The van der Waals surface area contributed by atoms with Gasteiger partial charge in [0.15, 0.2) is 11.4 Å². The third-order valence-electron chi connectivity index (χ3n) is 2.59. The van der Waals surface area contributed by atoms with E-state index in [0.29, 0.717) is 29.5 Å². The van der Waals surface area contributed by atoms with Crippen LogP contribution >= 0.6 is 12.2 Å². The van der Waals surface area contributed by atoms with Gasteiger partial charge in [0, 0.05) is 19.9 Å². The average molecular weight is 312 g/mol. The average Bonchev–Trinajstić information content (AvgIpc) is 2.49. The smallest absolute Gasteiger partial charge is 0.338 e. The lowest BCUT2D eigenvalue weighted by molar-refractivity contribution is -0.0964. The summed E-state index contributed by atoms with van der Waals surface area (Å²) in [6.07, 6.45) is -0.379. The van der Waals surface area contributed by atoms with E-state index in [4.69, 9.17) is 26.4 Å². The van der Waals surface area contributed by atoms with E-state index >= 15 is 0 Å². The first-order valence-corrected chi connectivity index (χ1v) is 6.89. The second-order valence-corrected chi connectivity index (χ2v) is 4.45. The summed E-state index contributed by atoms with van der Waals surface area (Å²) in [6.45, 7) is 2.52. The van der Waals surface area contributed by atoms with Gasteiger partial charge in [0.25, 0.3) is 0 Å². The number of esters is 1. The van der Waals surface area contributed by atoms with Crippen LogP contribution < -0.4 is 10.6 Å². The molecule has 0 spiro atoms. The van der Waals surface area contributed by atoms with Crippen molar-refractivity contribution in [3.05, 3.63) is 29.8 Å². The van der Waals surface area contributed by atoms with Crippen LogP contribution in [0.1, 0.15) is 17.3 Å². The van der Waals surface area contributed by atoms with Gasteiger partial charge in [0.05, 0.1) is 18.7 Å². The highest BCUT2D eigenvalue weighted by Crippen LogP contribution is 2.11. The fraction of sp³-hybridized carbons (Fsp3) is 0.429. The Kier molecular flexibility index (Phi) is 7.66. The summed E-state index contributed by atoms with van der Waals surface area (Å²) in [4.78, 5) is 11.6. The second kappa shape index (κ2) is 9.28. The number of methoxy groups -OCH3 is 2. The molecule has 0 atom stereocenters. The minimum Gasteiger partial charge on any atom is -0.462 e. The number of anilines is 1. The first-order valence-electron chi connectivity index (χ1n) is 6.48. The summed E-state index contributed by atoms with van der Waals surface area (Å²) in [6, 6.07) is 6.92. The van der Waals surface area contributed by atoms with Gasteiger partial charge in [0.2, 0.25) is 0 Å². The van der Waals surface area contributed by atoms with Crippen molar-refractivity contribution in [2.24, 2.45) is 0 Å². The van der Waals surface area contributed by atoms with E-state index in [0.717, 1.165) is 0 Å². The Hall–Kier alpha value is -1.70. The maximum atomic E-state index is 11.6. The first-order chi connectivity index (χ1) is 10.1. The summed E-state index contributed by atoms with van der Waals surface area (Å²) in [5, 5.41) is 6.36. The van der Waals surface area contributed by atoms with E-state index in [1.54, 1.807) is 45.4 Å². The van der Waals surface area contributed by atoms with Crippen molar-refractivity contribution in [3.8, 4) is 0 Å². The SMILES string of the molecule is CCOC(=O)c1cccc(NC(=S)NCC(OC)OC)c1. The van der Waals surface area contributed by atoms with Crippen LogP contribution in [0.2, 0.25) is 0 Å². The van der Waals surface area contributed by atoms with E-state index in [-0.39, 0.29) is 12.3 Å². The molecule has 0 unspecified atom stereocenters. The molecule has 116 valence electrons. The van der Waals surface area contributed by atoms with E-state index in [1.807, 2.05) is 0 Å². The lowest BCUT2D eigenvalue weighted by Gasteiger charge is -2.16. The number of thiocarbonyl (C=S) groups is 1. The van der Waals surface area contributed by atoms with Gasteiger partial charge in [-0.05, 0) is 37.3 Å². The van der Waals surface area contributed by atoms with E-state index in [1.165, 1.54) is 0 Å². The number of rotatable bonds is 7. The maximum absolute atomic E-state index is 11.6. The van der Waals surface area contributed by atoms with Crippen molar-refractivity contribution in [2.45, 2.75) is 13.2 Å². The zero-order valence-corrected chi connectivity index (χ0v) is 13.2. The molecule has 0 saturated heterocycles. The molecule has 0 aliphatic rings. The minimum atomic E-state index is -0.379. The van der Waals surface area contributed by atoms with Gasteiger partial charge in [-0.25, -0.2) is 4.79 Å². The van der Waals surface area contributed by atoms with Crippen LogP contribution in [0.15, 0.2) is 24.3 Å². The molecule has 0 aliphatic carbocycles. The van der Waals surface area contributed by atoms with Gasteiger partial charge in [-0.15, -0.1) is 0 Å². The third kappa shape index (κ3) is 6.07. The van der Waals surface area contributed by atoms with Crippen LogP contribution in [0.3, 0.4) is 0 Å². The fourth-order valence-electron chi connectivity index (χ4n) is 1.55. The van der Waals surface area contributed by atoms with Crippen LogP contribution in [0, 0.1) is 0 Å². The molecule has 0 bridgehead atoms. The van der Waals surface area contributed by atoms with Gasteiger partial charge in [-0.2, -0.15) is 0 Å². The number of nitrogens with one attached hydrogen (secondary N) is 2. The lowest BCUT2D eigenvalue weighted by atomic mass is 10.2. The molecule has 21 heavy (non-hydrogen) atoms. The maximum Gasteiger partial charge on any atom is 0.338 e. The molecule has 0 heterocycles. The molecule has 0 saturated carbocycles. The highest BCUT2D eigenvalue weighted by molar-refractivity contribution is 7.80. The summed E-state index contributed by atoms with van der Waals surface area (Å²) in [5.74, 6) is -0.362. The standard InChI is InChI=1S/C14H20N2O4S/c1-4-20-13(17)10-6-5-7-11(8-10)16-14(21)15-9-12(18-2)19-3/h5-8,12H,4,9H2,1-3H3,(H2,15,16,21). The molecule has 1 aromatic rings. The second-order valence-electron chi connectivity index (χ2n) is 4.04. The molecule has 0 fully saturated rings. The predicted octanol–water partition coefficient (Wildman–Crippen LogP) is 1.77. The summed E-state index contributed by atoms with van der Waals surface area (Å²) >= 11 is 5.16. The minimum absolute atomic E-state index is 0.339. The largest absolute Gasteiger partial charge is 0.462 e. The van der Waals surface area contributed by atoms with Crippen LogP contribution in [0.25, 0.3) is 0 Å². The van der Waals surface area contributed by atoms with Crippen molar-refractivity contribution in [3.63, 3.8) is 0 Å². The topological polar surface area (TPSA) is 68.8 Å². The molecule has 0 radical (unpaired) electrons. The van der Waals surface area contributed by atoms with E-state index in [2.05, 4.69) is 10.6 Å². The molecule has 2 N–H and O–H groups in total. The van der Waals surface area contributed by atoms with Crippen LogP contribution in [-0.4, -0.2) is 44.7 Å². The Morgan fingerprint density at radius 3 is 2.67 bits per heavy atom.